The summed E-state index contributed by atoms with van der Waals surface area (Å²) < 4.78 is 4.54. The number of methoxy groups -OCH3 is 1. The van der Waals surface area contributed by atoms with Crippen LogP contribution < -0.4 is 0 Å². The van der Waals surface area contributed by atoms with Crippen molar-refractivity contribution in [3.63, 3.8) is 0 Å². The Balaban J connectivity index is 2.82. The molecule has 0 amide bonds. The third-order valence-electron chi connectivity index (χ3n) is 1.32. The van der Waals surface area contributed by atoms with Crippen molar-refractivity contribution in [1.29, 1.82) is 0 Å². The molecule has 0 radical (unpaired) electrons. The number of carbonyl (C=O) groups excluding carboxylic acids is 1. The Morgan fingerprint density at radius 1 is 1.50 bits per heavy atom. The predicted octanol–water partition coefficient (Wildman–Crippen LogP) is 1.24. The van der Waals surface area contributed by atoms with E-state index in [1.165, 1.54) is 7.11 Å². The van der Waals surface area contributed by atoms with Crippen LogP contribution in [-0.4, -0.2) is 19.3 Å². The molecule has 0 spiro atoms. The summed E-state index contributed by atoms with van der Waals surface area (Å²) in [5.41, 5.74) is 0.491. The zero-order valence-electron chi connectivity index (χ0n) is 6.73. The second-order valence-electron chi connectivity index (χ2n) is 2.11. The Kier molecular flexibility index (Phi) is 3.02. The maximum Gasteiger partial charge on any atom is 0.337 e. The van der Waals surface area contributed by atoms with Gasteiger partial charge in [-0.25, -0.2) is 4.79 Å². The SMILES string of the molecule is COC(=O)C1=CC=CC=NC=C1. The van der Waals surface area contributed by atoms with Gasteiger partial charge in [0.05, 0.1) is 12.7 Å². The van der Waals surface area contributed by atoms with Crippen LogP contribution in [0.2, 0.25) is 0 Å². The van der Waals surface area contributed by atoms with E-state index < -0.39 is 0 Å². The number of esters is 1. The Morgan fingerprint density at radius 3 is 3.08 bits per heavy atom. The molecule has 0 unspecified atom stereocenters. The quantitative estimate of drug-likeness (QED) is 0.545. The number of hydrogen-bond acceptors (Lipinski definition) is 3. The Bertz CT molecular complexity index is 285. The maximum absolute atomic E-state index is 11.0. The molecule has 1 aliphatic heterocycles. The summed E-state index contributed by atoms with van der Waals surface area (Å²) in [4.78, 5) is 14.9. The van der Waals surface area contributed by atoms with E-state index in [9.17, 15) is 4.79 Å². The van der Waals surface area contributed by atoms with Crippen LogP contribution in [0.4, 0.5) is 0 Å². The largest absolute Gasteiger partial charge is 0.465 e. The summed E-state index contributed by atoms with van der Waals surface area (Å²) in [5, 5.41) is 0. The van der Waals surface area contributed by atoms with Crippen LogP contribution >= 0.6 is 0 Å². The second-order valence-corrected chi connectivity index (χ2v) is 2.11. The number of carbonyl (C=O) groups is 1. The van der Waals surface area contributed by atoms with Gasteiger partial charge in [-0.05, 0) is 18.2 Å². The van der Waals surface area contributed by atoms with Gasteiger partial charge in [0, 0.05) is 12.4 Å². The molecule has 0 bridgehead atoms. The van der Waals surface area contributed by atoms with Crippen LogP contribution in [0.1, 0.15) is 0 Å². The molecule has 3 nitrogen and oxygen atoms in total. The van der Waals surface area contributed by atoms with Gasteiger partial charge in [0.15, 0.2) is 0 Å². The predicted molar refractivity (Wildman–Crippen MR) is 46.9 cm³/mol. The van der Waals surface area contributed by atoms with E-state index in [0.717, 1.165) is 0 Å². The molecule has 0 atom stereocenters. The van der Waals surface area contributed by atoms with E-state index in [1.54, 1.807) is 36.7 Å². The van der Waals surface area contributed by atoms with Crippen molar-refractivity contribution in [2.24, 2.45) is 4.99 Å². The zero-order valence-corrected chi connectivity index (χ0v) is 6.73. The highest BCUT2D eigenvalue weighted by Gasteiger charge is 2.03. The minimum atomic E-state index is -0.354. The van der Waals surface area contributed by atoms with E-state index in [0.29, 0.717) is 5.57 Å². The number of aliphatic imine (C=N–C) groups is 1. The molecule has 1 aliphatic rings. The molecule has 0 aromatic rings. The van der Waals surface area contributed by atoms with Crippen molar-refractivity contribution >= 4 is 12.2 Å². The molecule has 1 heterocycles. The molecule has 3 heteroatoms. The van der Waals surface area contributed by atoms with Gasteiger partial charge in [0.1, 0.15) is 0 Å². The highest BCUT2D eigenvalue weighted by atomic mass is 16.5. The van der Waals surface area contributed by atoms with Crippen LogP contribution in [-0.2, 0) is 9.53 Å². The fraction of sp³-hybridized carbons (Fsp3) is 0.111. The minimum Gasteiger partial charge on any atom is -0.465 e. The molecule has 0 fully saturated rings. The summed E-state index contributed by atoms with van der Waals surface area (Å²) in [6, 6.07) is 0. The molecule has 0 aliphatic carbocycles. The Hall–Kier alpha value is -1.64. The van der Waals surface area contributed by atoms with Crippen LogP contribution in [0.5, 0.6) is 0 Å². The van der Waals surface area contributed by atoms with Crippen LogP contribution in [0.3, 0.4) is 0 Å². The van der Waals surface area contributed by atoms with Gasteiger partial charge in [-0.2, -0.15) is 0 Å². The molecule has 12 heavy (non-hydrogen) atoms. The molecule has 62 valence electrons. The highest BCUT2D eigenvalue weighted by Crippen LogP contribution is 2.01. The molecule has 0 aromatic heterocycles. The van der Waals surface area contributed by atoms with Crippen molar-refractivity contribution in [3.8, 4) is 0 Å². The normalized spacial score (nSPS) is 14.9. The third-order valence-corrected chi connectivity index (χ3v) is 1.32. The third kappa shape index (κ3) is 2.20. The summed E-state index contributed by atoms with van der Waals surface area (Å²) >= 11 is 0. The van der Waals surface area contributed by atoms with Crippen LogP contribution in [0.25, 0.3) is 0 Å². The first-order chi connectivity index (χ1) is 5.84. The fourth-order valence-corrected chi connectivity index (χ4v) is 0.741. The second kappa shape index (κ2) is 4.28. The Labute approximate surface area is 70.8 Å². The smallest absolute Gasteiger partial charge is 0.337 e. The van der Waals surface area contributed by atoms with Crippen molar-refractivity contribution in [2.45, 2.75) is 0 Å². The molecule has 0 N–H and O–H groups in total. The van der Waals surface area contributed by atoms with Gasteiger partial charge in [0.2, 0.25) is 0 Å². The van der Waals surface area contributed by atoms with Gasteiger partial charge in [-0.15, -0.1) is 0 Å². The van der Waals surface area contributed by atoms with E-state index in [-0.39, 0.29) is 5.97 Å². The number of ether oxygens (including phenoxy) is 1. The fourth-order valence-electron chi connectivity index (χ4n) is 0.741. The maximum atomic E-state index is 11.0. The summed E-state index contributed by atoms with van der Waals surface area (Å²) in [6.07, 6.45) is 9.94. The average molecular weight is 163 g/mol. The van der Waals surface area contributed by atoms with E-state index in [1.807, 2.05) is 0 Å². The number of hydrogen-bond donors (Lipinski definition) is 0. The zero-order chi connectivity index (χ0) is 8.81. The van der Waals surface area contributed by atoms with Gasteiger partial charge in [-0.1, -0.05) is 6.08 Å². The summed E-state index contributed by atoms with van der Waals surface area (Å²) in [5.74, 6) is -0.354. The first-order valence-electron chi connectivity index (χ1n) is 3.49. The van der Waals surface area contributed by atoms with Crippen molar-refractivity contribution < 1.29 is 9.53 Å². The van der Waals surface area contributed by atoms with E-state index >= 15 is 0 Å². The van der Waals surface area contributed by atoms with Crippen molar-refractivity contribution in [1.82, 2.24) is 0 Å². The summed E-state index contributed by atoms with van der Waals surface area (Å²) in [7, 11) is 1.35. The van der Waals surface area contributed by atoms with Gasteiger partial charge >= 0.3 is 5.97 Å². The molecule has 0 aromatic carbocycles. The van der Waals surface area contributed by atoms with Crippen LogP contribution in [0, 0.1) is 0 Å². The monoisotopic (exact) mass is 163 g/mol. The van der Waals surface area contributed by atoms with E-state index in [2.05, 4.69) is 9.73 Å². The van der Waals surface area contributed by atoms with Gasteiger partial charge < -0.3 is 4.74 Å². The topological polar surface area (TPSA) is 38.7 Å². The first-order valence-corrected chi connectivity index (χ1v) is 3.49. The van der Waals surface area contributed by atoms with Gasteiger partial charge in [-0.3, -0.25) is 4.99 Å². The molecule has 1 rings (SSSR count). The lowest BCUT2D eigenvalue weighted by Crippen LogP contribution is -2.02. The summed E-state index contributed by atoms with van der Waals surface area (Å²) in [6.45, 7) is 0. The van der Waals surface area contributed by atoms with Crippen LogP contribution in [0.15, 0.2) is 41.1 Å². The Morgan fingerprint density at radius 2 is 2.33 bits per heavy atom. The lowest BCUT2D eigenvalue weighted by atomic mass is 10.2. The molecule has 0 saturated heterocycles. The number of rotatable bonds is 1. The number of allylic oxidation sites excluding steroid dienone is 3. The number of nitrogens with zero attached hydrogens (tertiary/aromatic N) is 1. The van der Waals surface area contributed by atoms with Gasteiger partial charge in [0.25, 0.3) is 0 Å². The lowest BCUT2D eigenvalue weighted by molar-refractivity contribution is -0.135. The van der Waals surface area contributed by atoms with E-state index in [4.69, 9.17) is 0 Å². The molecular formula is C9H9NO2. The lowest BCUT2D eigenvalue weighted by Gasteiger charge is -1.97. The average Bonchev–Trinajstić information content (AvgIpc) is 2.02. The van der Waals surface area contributed by atoms with Crippen molar-refractivity contribution in [2.75, 3.05) is 7.11 Å². The first kappa shape index (κ1) is 8.46. The van der Waals surface area contributed by atoms with Crippen molar-refractivity contribution in [3.05, 3.63) is 36.1 Å². The molecular weight excluding hydrogens is 154 g/mol. The highest BCUT2D eigenvalue weighted by molar-refractivity contribution is 5.92. The standard InChI is InChI=1S/C9H9NO2/c1-12-9(11)8-4-2-3-6-10-7-5-8/h2-7H,1H3. The molecule has 0 saturated carbocycles. The minimum absolute atomic E-state index is 0.354.